The minimum atomic E-state index is -3.82. The first-order valence-corrected chi connectivity index (χ1v) is 13.2. The number of nitro groups is 2. The van der Waals surface area contributed by atoms with Crippen molar-refractivity contribution in [2.24, 2.45) is 0 Å². The Morgan fingerprint density at radius 2 is 1.33 bits per heavy atom. The van der Waals surface area contributed by atoms with Crippen molar-refractivity contribution in [3.8, 4) is 0 Å². The molecule has 13 heteroatoms. The highest BCUT2D eigenvalue weighted by molar-refractivity contribution is 7.90. The molecule has 0 saturated carbocycles. The summed E-state index contributed by atoms with van der Waals surface area (Å²) in [7, 11) is -3.82. The van der Waals surface area contributed by atoms with Gasteiger partial charge in [-0.2, -0.15) is 0 Å². The molecule has 0 radical (unpaired) electrons. The van der Waals surface area contributed by atoms with Crippen LogP contribution in [0, 0.1) is 26.0 Å². The van der Waals surface area contributed by atoms with E-state index in [9.17, 15) is 33.0 Å². The first kappa shape index (κ1) is 25.8. The maximum Gasteiger partial charge on any atom is 0.288 e. The number of rotatable bonds is 6. The highest BCUT2D eigenvalue weighted by atomic mass is 35.5. The first-order valence-electron chi connectivity index (χ1n) is 10.5. The highest BCUT2D eigenvalue weighted by Gasteiger charge is 2.37. The summed E-state index contributed by atoms with van der Waals surface area (Å²) in [6, 6.07) is 11.4. The normalized spacial score (nSPS) is 17.8. The van der Waals surface area contributed by atoms with Gasteiger partial charge in [0.2, 0.25) is 0 Å². The Morgan fingerprint density at radius 1 is 0.861 bits per heavy atom. The van der Waals surface area contributed by atoms with Crippen LogP contribution in [0.4, 0.5) is 21.5 Å². The van der Waals surface area contributed by atoms with Crippen molar-refractivity contribution < 1.29 is 22.7 Å². The van der Waals surface area contributed by atoms with Gasteiger partial charge < -0.3 is 4.90 Å². The number of hydrogen-bond acceptors (Lipinski definition) is 7. The second kappa shape index (κ2) is 9.64. The molecule has 1 heterocycles. The van der Waals surface area contributed by atoms with Crippen LogP contribution in [0.15, 0.2) is 59.5 Å². The van der Waals surface area contributed by atoms with E-state index < -0.39 is 42.5 Å². The van der Waals surface area contributed by atoms with E-state index in [4.69, 9.17) is 23.2 Å². The number of benzene rings is 3. The van der Waals surface area contributed by atoms with Crippen molar-refractivity contribution in [2.45, 2.75) is 29.8 Å². The molecular formula is C23H18Cl2FN3O6S. The predicted octanol–water partition coefficient (Wildman–Crippen LogP) is 6.44. The van der Waals surface area contributed by atoms with Crippen molar-refractivity contribution in [3.63, 3.8) is 0 Å². The quantitative estimate of drug-likeness (QED) is 0.254. The molecule has 0 spiro atoms. The van der Waals surface area contributed by atoms with Gasteiger partial charge in [0.05, 0.1) is 21.9 Å². The van der Waals surface area contributed by atoms with Crippen LogP contribution < -0.4 is 4.90 Å². The van der Waals surface area contributed by atoms with Crippen LogP contribution in [-0.4, -0.2) is 24.5 Å². The highest BCUT2D eigenvalue weighted by Crippen LogP contribution is 2.49. The van der Waals surface area contributed by atoms with E-state index in [-0.39, 0.29) is 21.4 Å². The summed E-state index contributed by atoms with van der Waals surface area (Å²) >= 11 is 12.0. The Bertz CT molecular complexity index is 1430. The average Bonchev–Trinajstić information content (AvgIpc) is 3.23. The van der Waals surface area contributed by atoms with Crippen LogP contribution in [0.2, 0.25) is 10.0 Å². The van der Waals surface area contributed by atoms with Crippen LogP contribution in [0.3, 0.4) is 0 Å². The fourth-order valence-corrected chi connectivity index (χ4v) is 5.63. The summed E-state index contributed by atoms with van der Waals surface area (Å²) in [5.41, 5.74) is 0.786. The van der Waals surface area contributed by atoms with Gasteiger partial charge in [-0.05, 0) is 54.3 Å². The summed E-state index contributed by atoms with van der Waals surface area (Å²) in [6.07, 6.45) is 1.83. The maximum absolute atomic E-state index is 14.9. The minimum Gasteiger partial charge on any atom is -0.357 e. The summed E-state index contributed by atoms with van der Waals surface area (Å²) in [5.74, 6) is -0.955. The van der Waals surface area contributed by atoms with Gasteiger partial charge in [-0.1, -0.05) is 35.3 Å². The number of halogens is 3. The van der Waals surface area contributed by atoms with Gasteiger partial charge >= 0.3 is 0 Å². The molecule has 188 valence electrons. The molecule has 1 aliphatic heterocycles. The molecule has 1 fully saturated rings. The predicted molar refractivity (Wildman–Crippen MR) is 133 cm³/mol. The van der Waals surface area contributed by atoms with Gasteiger partial charge in [0.25, 0.3) is 11.4 Å². The zero-order valence-corrected chi connectivity index (χ0v) is 20.9. The van der Waals surface area contributed by atoms with Crippen LogP contribution in [-0.2, 0) is 9.84 Å². The van der Waals surface area contributed by atoms with Crippen LogP contribution >= 0.6 is 23.2 Å². The smallest absolute Gasteiger partial charge is 0.288 e. The van der Waals surface area contributed by atoms with E-state index in [1.807, 2.05) is 0 Å². The van der Waals surface area contributed by atoms with E-state index in [0.29, 0.717) is 29.7 Å². The molecule has 4 rings (SSSR count). The molecule has 0 aliphatic carbocycles. The zero-order chi connectivity index (χ0) is 26.4. The fourth-order valence-electron chi connectivity index (χ4n) is 4.53. The molecule has 1 aliphatic rings. The van der Waals surface area contributed by atoms with Gasteiger partial charge in [0.1, 0.15) is 20.8 Å². The van der Waals surface area contributed by atoms with Crippen LogP contribution in [0.5, 0.6) is 0 Å². The number of sulfone groups is 1. The van der Waals surface area contributed by atoms with Gasteiger partial charge in [0, 0.05) is 24.1 Å². The molecule has 0 amide bonds. The third-order valence-electron chi connectivity index (χ3n) is 6.10. The van der Waals surface area contributed by atoms with Gasteiger partial charge in [0.15, 0.2) is 9.84 Å². The molecule has 1 saturated heterocycles. The SMILES string of the molecule is CS(=O)(=O)c1ccc(N2[C@@H](c3ccc(Cl)c([N+](=O)[O-])c3)CC[C@@H]2c2ccc(Cl)c([N+](=O)[O-])c2)cc1F. The number of nitrogens with zero attached hydrogens (tertiary/aromatic N) is 3. The van der Waals surface area contributed by atoms with Gasteiger partial charge in [-0.15, -0.1) is 0 Å². The summed E-state index contributed by atoms with van der Waals surface area (Å²) in [6.45, 7) is 0. The molecule has 0 aromatic heterocycles. The van der Waals surface area contributed by atoms with Crippen molar-refractivity contribution in [2.75, 3.05) is 11.2 Å². The third kappa shape index (κ3) is 4.86. The second-order valence-electron chi connectivity index (χ2n) is 8.34. The van der Waals surface area contributed by atoms with Crippen molar-refractivity contribution >= 4 is 50.1 Å². The van der Waals surface area contributed by atoms with Crippen LogP contribution in [0.1, 0.15) is 36.1 Å². The summed E-state index contributed by atoms with van der Waals surface area (Å²) in [5, 5.41) is 22.8. The van der Waals surface area contributed by atoms with Crippen LogP contribution in [0.25, 0.3) is 0 Å². The Hall–Kier alpha value is -3.28. The molecular weight excluding hydrogens is 536 g/mol. The van der Waals surface area contributed by atoms with Gasteiger partial charge in [-0.25, -0.2) is 12.8 Å². The summed E-state index contributed by atoms with van der Waals surface area (Å²) < 4.78 is 38.7. The number of hydrogen-bond donors (Lipinski definition) is 0. The standard InChI is InChI=1S/C23H18Cl2FN3O6S/c1-36(34,35)23-9-4-15(12-18(23)26)27-19(13-2-5-16(24)21(10-13)28(30)31)7-8-20(27)14-3-6-17(25)22(11-14)29(32)33/h2-6,9-12,19-20H,7-8H2,1H3/t19-,20-/m1/s1. The molecule has 0 unspecified atom stereocenters. The minimum absolute atomic E-state index is 0.0401. The number of nitro benzene ring substituents is 2. The molecule has 3 aromatic rings. The Morgan fingerprint density at radius 3 is 1.72 bits per heavy atom. The lowest BCUT2D eigenvalue weighted by molar-refractivity contribution is -0.384. The Labute approximate surface area is 215 Å². The lowest BCUT2D eigenvalue weighted by atomic mass is 10.0. The monoisotopic (exact) mass is 553 g/mol. The summed E-state index contributed by atoms with van der Waals surface area (Å²) in [4.78, 5) is 23.0. The van der Waals surface area contributed by atoms with Gasteiger partial charge in [-0.3, -0.25) is 20.2 Å². The zero-order valence-electron chi connectivity index (χ0n) is 18.6. The molecule has 36 heavy (non-hydrogen) atoms. The van der Waals surface area contributed by atoms with E-state index in [1.165, 1.54) is 30.3 Å². The lowest BCUT2D eigenvalue weighted by Gasteiger charge is -2.33. The fraction of sp³-hybridized carbons (Fsp3) is 0.217. The van der Waals surface area contributed by atoms with E-state index in [1.54, 1.807) is 17.0 Å². The van der Waals surface area contributed by atoms with E-state index in [2.05, 4.69) is 0 Å². The molecule has 0 bridgehead atoms. The molecule has 0 N–H and O–H groups in total. The third-order valence-corrected chi connectivity index (χ3v) is 7.87. The topological polar surface area (TPSA) is 124 Å². The molecule has 3 aromatic carbocycles. The maximum atomic E-state index is 14.9. The second-order valence-corrected chi connectivity index (χ2v) is 11.1. The van der Waals surface area contributed by atoms with Crippen molar-refractivity contribution in [1.82, 2.24) is 0 Å². The Kier molecular flexibility index (Phi) is 6.91. The molecule has 2 atom stereocenters. The number of anilines is 1. The van der Waals surface area contributed by atoms with E-state index >= 15 is 0 Å². The average molecular weight is 554 g/mol. The van der Waals surface area contributed by atoms with E-state index in [0.717, 1.165) is 18.4 Å². The molecule has 9 nitrogen and oxygen atoms in total. The largest absolute Gasteiger partial charge is 0.357 e. The lowest BCUT2D eigenvalue weighted by Crippen LogP contribution is -2.26. The Balaban J connectivity index is 1.87. The van der Waals surface area contributed by atoms with Crippen molar-refractivity contribution in [3.05, 3.63) is 102 Å². The van der Waals surface area contributed by atoms with Crippen molar-refractivity contribution in [1.29, 1.82) is 0 Å². The first-order chi connectivity index (χ1) is 16.9.